The first-order chi connectivity index (χ1) is 9.19. The maximum Gasteiger partial charge on any atom is 0.140 e. The first kappa shape index (κ1) is 12.9. The lowest BCUT2D eigenvalue weighted by Crippen LogP contribution is -2.09. The zero-order chi connectivity index (χ0) is 13.7. The fraction of sp³-hybridized carbons (Fsp3) is 0.200. The number of nitrogens with one attached hydrogen (secondary N) is 1. The van der Waals surface area contributed by atoms with Crippen molar-refractivity contribution in [1.82, 2.24) is 4.98 Å². The Morgan fingerprint density at radius 3 is 2.84 bits per heavy atom. The third-order valence-electron chi connectivity index (χ3n) is 2.80. The zero-order valence-electron chi connectivity index (χ0n) is 11.1. The van der Waals surface area contributed by atoms with Crippen LogP contribution in [0.25, 0.3) is 0 Å². The van der Waals surface area contributed by atoms with Crippen molar-refractivity contribution < 1.29 is 0 Å². The van der Waals surface area contributed by atoms with Crippen LogP contribution in [0.2, 0.25) is 0 Å². The summed E-state index contributed by atoms with van der Waals surface area (Å²) in [6.45, 7) is 0.675. The number of pyridine rings is 1. The van der Waals surface area contributed by atoms with Crippen LogP contribution in [-0.2, 0) is 6.54 Å². The van der Waals surface area contributed by atoms with Crippen LogP contribution in [0.1, 0.15) is 11.3 Å². The minimum absolute atomic E-state index is 0.446. The summed E-state index contributed by atoms with van der Waals surface area (Å²) in [5, 5.41) is 12.1. The number of nitriles is 1. The molecule has 1 heterocycles. The Balaban J connectivity index is 2.06. The summed E-state index contributed by atoms with van der Waals surface area (Å²) in [4.78, 5) is 6.02. The first-order valence-corrected chi connectivity index (χ1v) is 6.05. The van der Waals surface area contributed by atoms with Gasteiger partial charge in [-0.05, 0) is 35.9 Å². The van der Waals surface area contributed by atoms with Gasteiger partial charge in [0.15, 0.2) is 0 Å². The van der Waals surface area contributed by atoms with E-state index in [-0.39, 0.29) is 0 Å². The van der Waals surface area contributed by atoms with Gasteiger partial charge in [0.1, 0.15) is 11.8 Å². The summed E-state index contributed by atoms with van der Waals surface area (Å²) in [5.74, 6) is 0. The molecule has 19 heavy (non-hydrogen) atoms. The molecule has 0 saturated carbocycles. The predicted octanol–water partition coefficient (Wildman–Crippen LogP) is 2.63. The number of hydrogen-bond acceptors (Lipinski definition) is 4. The van der Waals surface area contributed by atoms with Gasteiger partial charge in [-0.25, -0.2) is 4.98 Å². The standard InChI is InChI=1S/C15H16N4/c1-19(2)15-5-3-4-13(9-15)18-11-12-6-7-17-14(8-12)10-16/h3-9,18H,11H2,1-2H3. The van der Waals surface area contributed by atoms with Gasteiger partial charge in [-0.3, -0.25) is 0 Å². The molecule has 1 aromatic carbocycles. The average Bonchev–Trinajstić information content (AvgIpc) is 2.45. The SMILES string of the molecule is CN(C)c1cccc(NCc2ccnc(C#N)c2)c1. The van der Waals surface area contributed by atoms with Gasteiger partial charge in [-0.2, -0.15) is 5.26 Å². The van der Waals surface area contributed by atoms with Crippen molar-refractivity contribution >= 4 is 11.4 Å². The lowest BCUT2D eigenvalue weighted by Gasteiger charge is -2.14. The number of aromatic nitrogens is 1. The monoisotopic (exact) mass is 252 g/mol. The van der Waals surface area contributed by atoms with Crippen molar-refractivity contribution in [3.05, 3.63) is 53.9 Å². The highest BCUT2D eigenvalue weighted by molar-refractivity contribution is 5.57. The molecular weight excluding hydrogens is 236 g/mol. The van der Waals surface area contributed by atoms with Crippen molar-refractivity contribution in [2.75, 3.05) is 24.3 Å². The van der Waals surface area contributed by atoms with Gasteiger partial charge in [-0.15, -0.1) is 0 Å². The minimum atomic E-state index is 0.446. The summed E-state index contributed by atoms with van der Waals surface area (Å²) < 4.78 is 0. The molecule has 2 aromatic rings. The molecule has 2 rings (SSSR count). The van der Waals surface area contributed by atoms with Crippen molar-refractivity contribution in [3.63, 3.8) is 0 Å². The van der Waals surface area contributed by atoms with Crippen LogP contribution in [0.5, 0.6) is 0 Å². The second-order valence-corrected chi connectivity index (χ2v) is 4.46. The lowest BCUT2D eigenvalue weighted by molar-refractivity contribution is 1.10. The fourth-order valence-electron chi connectivity index (χ4n) is 1.74. The molecule has 0 spiro atoms. The molecule has 0 aliphatic rings. The smallest absolute Gasteiger partial charge is 0.140 e. The third-order valence-corrected chi connectivity index (χ3v) is 2.80. The Kier molecular flexibility index (Phi) is 3.99. The van der Waals surface area contributed by atoms with Crippen molar-refractivity contribution in [2.45, 2.75) is 6.54 Å². The number of benzene rings is 1. The van der Waals surface area contributed by atoms with Gasteiger partial charge in [0, 0.05) is 38.2 Å². The molecule has 1 N–H and O–H groups in total. The van der Waals surface area contributed by atoms with Gasteiger partial charge in [0.2, 0.25) is 0 Å². The quantitative estimate of drug-likeness (QED) is 0.908. The molecule has 4 heteroatoms. The van der Waals surface area contributed by atoms with E-state index in [1.54, 1.807) is 12.3 Å². The predicted molar refractivity (Wildman–Crippen MR) is 77.0 cm³/mol. The summed E-state index contributed by atoms with van der Waals surface area (Å²) in [6, 6.07) is 13.9. The summed E-state index contributed by atoms with van der Waals surface area (Å²) in [5.41, 5.74) is 3.70. The van der Waals surface area contributed by atoms with Crippen molar-refractivity contribution in [3.8, 4) is 6.07 Å². The normalized spacial score (nSPS) is 9.74. The molecule has 0 radical (unpaired) electrons. The summed E-state index contributed by atoms with van der Waals surface area (Å²) in [6.07, 6.45) is 1.66. The highest BCUT2D eigenvalue weighted by Gasteiger charge is 1.99. The van der Waals surface area contributed by atoms with E-state index in [1.807, 2.05) is 38.4 Å². The van der Waals surface area contributed by atoms with Crippen LogP contribution < -0.4 is 10.2 Å². The number of rotatable bonds is 4. The van der Waals surface area contributed by atoms with Gasteiger partial charge in [-0.1, -0.05) is 6.07 Å². The summed E-state index contributed by atoms with van der Waals surface area (Å²) >= 11 is 0. The van der Waals surface area contributed by atoms with E-state index in [4.69, 9.17) is 5.26 Å². The van der Waals surface area contributed by atoms with Gasteiger partial charge in [0.05, 0.1) is 0 Å². The second-order valence-electron chi connectivity index (χ2n) is 4.46. The van der Waals surface area contributed by atoms with Crippen LogP contribution in [0.4, 0.5) is 11.4 Å². The average molecular weight is 252 g/mol. The van der Waals surface area contributed by atoms with Crippen molar-refractivity contribution in [1.29, 1.82) is 5.26 Å². The highest BCUT2D eigenvalue weighted by Crippen LogP contribution is 2.18. The Labute approximate surface area is 113 Å². The van der Waals surface area contributed by atoms with Crippen LogP contribution in [0, 0.1) is 11.3 Å². The largest absolute Gasteiger partial charge is 0.381 e. The van der Waals surface area contributed by atoms with E-state index in [0.29, 0.717) is 12.2 Å². The molecule has 96 valence electrons. The number of anilines is 2. The van der Waals surface area contributed by atoms with Gasteiger partial charge < -0.3 is 10.2 Å². The molecule has 0 atom stereocenters. The van der Waals surface area contributed by atoms with E-state index in [2.05, 4.69) is 27.3 Å². The molecule has 0 fully saturated rings. The topological polar surface area (TPSA) is 52.0 Å². The molecule has 0 bridgehead atoms. The van der Waals surface area contributed by atoms with E-state index >= 15 is 0 Å². The van der Waals surface area contributed by atoms with Crippen molar-refractivity contribution in [2.24, 2.45) is 0 Å². The molecular formula is C15H16N4. The number of hydrogen-bond donors (Lipinski definition) is 1. The molecule has 0 amide bonds. The third kappa shape index (κ3) is 3.46. The maximum atomic E-state index is 8.81. The Hall–Kier alpha value is -2.54. The van der Waals surface area contributed by atoms with Crippen LogP contribution >= 0.6 is 0 Å². The van der Waals surface area contributed by atoms with E-state index in [0.717, 1.165) is 16.9 Å². The van der Waals surface area contributed by atoms with Gasteiger partial charge >= 0.3 is 0 Å². The lowest BCUT2D eigenvalue weighted by atomic mass is 10.2. The Bertz CT molecular complexity index is 599. The van der Waals surface area contributed by atoms with Crippen LogP contribution in [-0.4, -0.2) is 19.1 Å². The van der Waals surface area contributed by atoms with E-state index in [9.17, 15) is 0 Å². The molecule has 0 saturated heterocycles. The first-order valence-electron chi connectivity index (χ1n) is 6.05. The second kappa shape index (κ2) is 5.87. The van der Waals surface area contributed by atoms with E-state index < -0.39 is 0 Å². The molecule has 0 aliphatic carbocycles. The summed E-state index contributed by atoms with van der Waals surface area (Å²) in [7, 11) is 4.03. The van der Waals surface area contributed by atoms with Gasteiger partial charge in [0.25, 0.3) is 0 Å². The molecule has 0 unspecified atom stereocenters. The number of nitrogens with zero attached hydrogens (tertiary/aromatic N) is 3. The van der Waals surface area contributed by atoms with Crippen LogP contribution in [0.3, 0.4) is 0 Å². The minimum Gasteiger partial charge on any atom is -0.381 e. The Morgan fingerprint density at radius 2 is 2.11 bits per heavy atom. The van der Waals surface area contributed by atoms with E-state index in [1.165, 1.54) is 0 Å². The zero-order valence-corrected chi connectivity index (χ0v) is 11.1. The highest BCUT2D eigenvalue weighted by atomic mass is 15.1. The molecule has 4 nitrogen and oxygen atoms in total. The fourth-order valence-corrected chi connectivity index (χ4v) is 1.74. The molecule has 1 aromatic heterocycles. The Morgan fingerprint density at radius 1 is 1.26 bits per heavy atom. The molecule has 0 aliphatic heterocycles. The maximum absolute atomic E-state index is 8.81. The van der Waals surface area contributed by atoms with Crippen LogP contribution in [0.15, 0.2) is 42.6 Å².